The zero-order valence-corrected chi connectivity index (χ0v) is 16.5. The predicted octanol–water partition coefficient (Wildman–Crippen LogP) is 5.04. The van der Waals surface area contributed by atoms with E-state index < -0.39 is 5.63 Å². The number of aromatic nitrogens is 4. The molecule has 5 rings (SSSR count). The number of nitrogens with zero attached hydrogens (tertiary/aromatic N) is 4. The van der Waals surface area contributed by atoms with Gasteiger partial charge in [0.2, 0.25) is 4.96 Å². The Morgan fingerprint density at radius 2 is 1.93 bits per heavy atom. The number of halogens is 2. The Balaban J connectivity index is 1.71. The molecule has 0 unspecified atom stereocenters. The molecule has 0 atom stereocenters. The number of rotatable bonds is 2. The van der Waals surface area contributed by atoms with Crippen molar-refractivity contribution in [2.45, 2.75) is 0 Å². The molecular weight excluding hydrogens is 452 g/mol. The quantitative estimate of drug-likeness (QED) is 0.346. The third-order valence-electron chi connectivity index (χ3n) is 4.03. The van der Waals surface area contributed by atoms with Gasteiger partial charge in [-0.2, -0.15) is 9.61 Å². The molecule has 0 saturated carbocycles. The normalized spacial score (nSPS) is 11.5. The van der Waals surface area contributed by atoms with Crippen molar-refractivity contribution in [3.63, 3.8) is 0 Å². The fourth-order valence-electron chi connectivity index (χ4n) is 2.78. The maximum Gasteiger partial charge on any atom is 0.346 e. The first-order valence-electron chi connectivity index (χ1n) is 7.81. The van der Waals surface area contributed by atoms with E-state index in [0.29, 0.717) is 32.0 Å². The number of hydrogen-bond acceptors (Lipinski definition) is 6. The molecule has 0 spiro atoms. The number of benzene rings is 2. The lowest BCUT2D eigenvalue weighted by Gasteiger charge is -2.00. The Kier molecular flexibility index (Phi) is 3.85. The number of fused-ring (bicyclic) bond motifs is 2. The SMILES string of the molecule is O=c1oc2ccc(Br)cc2cc1-c1nn2c(-c3ccccc3Cl)nnc2s1. The lowest BCUT2D eigenvalue weighted by molar-refractivity contribution is 0.563. The van der Waals surface area contributed by atoms with Crippen molar-refractivity contribution in [3.05, 3.63) is 68.4 Å². The van der Waals surface area contributed by atoms with Gasteiger partial charge < -0.3 is 4.42 Å². The van der Waals surface area contributed by atoms with Crippen LogP contribution in [-0.2, 0) is 0 Å². The van der Waals surface area contributed by atoms with Gasteiger partial charge in [0.15, 0.2) is 10.8 Å². The summed E-state index contributed by atoms with van der Waals surface area (Å²) in [4.78, 5) is 13.0. The molecular formula is C18H8BrClN4O2S. The highest BCUT2D eigenvalue weighted by atomic mass is 79.9. The van der Waals surface area contributed by atoms with Crippen LogP contribution in [0.25, 0.3) is 37.9 Å². The van der Waals surface area contributed by atoms with Gasteiger partial charge in [0, 0.05) is 15.4 Å². The summed E-state index contributed by atoms with van der Waals surface area (Å²) in [5, 5.41) is 14.7. The monoisotopic (exact) mass is 458 g/mol. The van der Waals surface area contributed by atoms with E-state index in [0.717, 1.165) is 15.4 Å². The average molecular weight is 460 g/mol. The van der Waals surface area contributed by atoms with Gasteiger partial charge in [0.1, 0.15) is 5.58 Å². The van der Waals surface area contributed by atoms with Crippen LogP contribution in [0, 0.1) is 0 Å². The van der Waals surface area contributed by atoms with Gasteiger partial charge in [0.25, 0.3) is 0 Å². The molecule has 6 nitrogen and oxygen atoms in total. The summed E-state index contributed by atoms with van der Waals surface area (Å²) < 4.78 is 7.92. The zero-order valence-electron chi connectivity index (χ0n) is 13.4. The highest BCUT2D eigenvalue weighted by molar-refractivity contribution is 9.10. The Hall–Kier alpha value is -2.55. The minimum absolute atomic E-state index is 0.376. The third-order valence-corrected chi connectivity index (χ3v) is 5.79. The van der Waals surface area contributed by atoms with Crippen molar-refractivity contribution in [3.8, 4) is 22.0 Å². The van der Waals surface area contributed by atoms with E-state index in [-0.39, 0.29) is 0 Å². The summed E-state index contributed by atoms with van der Waals surface area (Å²) in [6.07, 6.45) is 0. The van der Waals surface area contributed by atoms with Gasteiger partial charge in [0.05, 0.1) is 10.6 Å². The van der Waals surface area contributed by atoms with E-state index in [4.69, 9.17) is 16.0 Å². The average Bonchev–Trinajstić information content (AvgIpc) is 3.23. The maximum absolute atomic E-state index is 12.4. The van der Waals surface area contributed by atoms with E-state index in [1.54, 1.807) is 22.7 Å². The molecule has 9 heteroatoms. The van der Waals surface area contributed by atoms with Crippen LogP contribution >= 0.6 is 38.9 Å². The largest absolute Gasteiger partial charge is 0.422 e. The molecule has 0 N–H and O–H groups in total. The fraction of sp³-hybridized carbons (Fsp3) is 0. The Labute approximate surface area is 169 Å². The molecule has 3 aromatic heterocycles. The van der Waals surface area contributed by atoms with E-state index in [2.05, 4.69) is 31.2 Å². The van der Waals surface area contributed by atoms with E-state index in [9.17, 15) is 4.79 Å². The van der Waals surface area contributed by atoms with Crippen LogP contribution in [0.2, 0.25) is 5.02 Å². The molecule has 0 aliphatic rings. The Morgan fingerprint density at radius 3 is 2.78 bits per heavy atom. The van der Waals surface area contributed by atoms with Crippen LogP contribution in [0.5, 0.6) is 0 Å². The lowest BCUT2D eigenvalue weighted by atomic mass is 10.2. The smallest absolute Gasteiger partial charge is 0.346 e. The maximum atomic E-state index is 12.4. The van der Waals surface area contributed by atoms with Gasteiger partial charge in [-0.05, 0) is 36.4 Å². The van der Waals surface area contributed by atoms with Crippen LogP contribution in [-0.4, -0.2) is 19.8 Å². The molecule has 0 aliphatic carbocycles. The van der Waals surface area contributed by atoms with E-state index >= 15 is 0 Å². The van der Waals surface area contributed by atoms with Gasteiger partial charge in [-0.15, -0.1) is 10.2 Å². The summed E-state index contributed by atoms with van der Waals surface area (Å²) in [7, 11) is 0. The van der Waals surface area contributed by atoms with Crippen molar-refractivity contribution < 1.29 is 4.42 Å². The second kappa shape index (κ2) is 6.26. The van der Waals surface area contributed by atoms with Gasteiger partial charge in [-0.3, -0.25) is 0 Å². The van der Waals surface area contributed by atoms with Crippen molar-refractivity contribution in [1.29, 1.82) is 0 Å². The Morgan fingerprint density at radius 1 is 1.07 bits per heavy atom. The predicted molar refractivity (Wildman–Crippen MR) is 108 cm³/mol. The minimum atomic E-state index is -0.450. The van der Waals surface area contributed by atoms with Crippen LogP contribution in [0.4, 0.5) is 0 Å². The summed E-state index contributed by atoms with van der Waals surface area (Å²) in [5.74, 6) is 0.519. The molecule has 2 aromatic carbocycles. The zero-order chi connectivity index (χ0) is 18.5. The topological polar surface area (TPSA) is 73.3 Å². The molecule has 5 aromatic rings. The second-order valence-corrected chi connectivity index (χ2v) is 8.01. The summed E-state index contributed by atoms with van der Waals surface area (Å²) in [6.45, 7) is 0. The van der Waals surface area contributed by atoms with Gasteiger partial charge in [-0.1, -0.05) is 51.0 Å². The highest BCUT2D eigenvalue weighted by Gasteiger charge is 2.18. The Bertz CT molecular complexity index is 1390. The lowest BCUT2D eigenvalue weighted by Crippen LogP contribution is -2.03. The number of hydrogen-bond donors (Lipinski definition) is 0. The molecule has 0 radical (unpaired) electrons. The molecule has 0 amide bonds. The molecule has 0 saturated heterocycles. The summed E-state index contributed by atoms with van der Waals surface area (Å²) >= 11 is 11.0. The van der Waals surface area contributed by atoms with Gasteiger partial charge in [-0.25, -0.2) is 4.79 Å². The first-order chi connectivity index (χ1) is 13.1. The van der Waals surface area contributed by atoms with Crippen molar-refractivity contribution in [1.82, 2.24) is 19.8 Å². The molecule has 0 bridgehead atoms. The van der Waals surface area contributed by atoms with Crippen LogP contribution in [0.15, 0.2) is 62.2 Å². The van der Waals surface area contributed by atoms with Crippen LogP contribution in [0.1, 0.15) is 0 Å². The molecule has 0 aliphatic heterocycles. The van der Waals surface area contributed by atoms with Crippen molar-refractivity contribution >= 4 is 54.8 Å². The van der Waals surface area contributed by atoms with E-state index in [1.165, 1.54) is 11.3 Å². The van der Waals surface area contributed by atoms with E-state index in [1.807, 2.05) is 30.3 Å². The molecule has 0 fully saturated rings. The van der Waals surface area contributed by atoms with Crippen LogP contribution in [0.3, 0.4) is 0 Å². The minimum Gasteiger partial charge on any atom is -0.422 e. The second-order valence-electron chi connectivity index (χ2n) is 5.73. The summed E-state index contributed by atoms with van der Waals surface area (Å²) in [5.41, 5.74) is 1.17. The first-order valence-corrected chi connectivity index (χ1v) is 9.80. The van der Waals surface area contributed by atoms with Crippen molar-refractivity contribution in [2.24, 2.45) is 0 Å². The molecule has 27 heavy (non-hydrogen) atoms. The fourth-order valence-corrected chi connectivity index (χ4v) is 4.22. The third kappa shape index (κ3) is 2.77. The standard InChI is InChI=1S/C18H8BrClN4O2S/c19-10-5-6-14-9(7-10)8-12(17(25)26-14)16-23-24-15(21-22-18(24)27-16)11-3-1-2-4-13(11)20/h1-8H. The van der Waals surface area contributed by atoms with Crippen LogP contribution < -0.4 is 5.63 Å². The first kappa shape index (κ1) is 16.6. The molecule has 3 heterocycles. The molecule has 132 valence electrons. The highest BCUT2D eigenvalue weighted by Crippen LogP contribution is 2.31. The van der Waals surface area contributed by atoms with Crippen molar-refractivity contribution in [2.75, 3.05) is 0 Å². The summed E-state index contributed by atoms with van der Waals surface area (Å²) in [6, 6.07) is 14.6. The van der Waals surface area contributed by atoms with Gasteiger partial charge >= 0.3 is 5.63 Å².